The molecule has 0 aliphatic heterocycles. The summed E-state index contributed by atoms with van der Waals surface area (Å²) < 4.78 is 4.59. The van der Waals surface area contributed by atoms with Gasteiger partial charge >= 0.3 is 0 Å². The summed E-state index contributed by atoms with van der Waals surface area (Å²) in [5.74, 6) is 0. The Balaban J connectivity index is 0.00000364. The normalized spacial score (nSPS) is 10.0. The number of hydrogen-bond acceptors (Lipinski definition) is 2. The lowest BCUT2D eigenvalue weighted by atomic mass is 10.1. The zero-order valence-corrected chi connectivity index (χ0v) is 21.0. The molecule has 0 saturated carbocycles. The fraction of sp³-hybridized carbons (Fsp3) is 0.545. The molecule has 2 aromatic heterocycles. The molecule has 4 nitrogen and oxygen atoms in total. The highest BCUT2D eigenvalue weighted by Gasteiger charge is 2.03. The lowest BCUT2D eigenvalue weighted by Crippen LogP contribution is -3.00. The summed E-state index contributed by atoms with van der Waals surface area (Å²) >= 11 is 0. The van der Waals surface area contributed by atoms with Gasteiger partial charge in [-0.05, 0) is 12.8 Å². The molecule has 0 aromatic carbocycles. The van der Waals surface area contributed by atoms with Crippen LogP contribution in [0.2, 0.25) is 0 Å². The van der Waals surface area contributed by atoms with Crippen LogP contribution in [0.1, 0.15) is 38.5 Å². The van der Waals surface area contributed by atoms with Gasteiger partial charge in [-0.2, -0.15) is 0 Å². The second-order valence-corrected chi connectivity index (χ2v) is 7.50. The van der Waals surface area contributed by atoms with Crippen LogP contribution in [0.3, 0.4) is 0 Å². The van der Waals surface area contributed by atoms with Crippen LogP contribution in [0, 0.1) is 0 Å². The maximum atomic E-state index is 2.29. The maximum absolute atomic E-state index is 2.29. The van der Waals surface area contributed by atoms with Crippen molar-refractivity contribution in [1.29, 1.82) is 0 Å². The zero-order chi connectivity index (χ0) is 18.8. The van der Waals surface area contributed by atoms with Crippen LogP contribution in [-0.4, -0.2) is 28.2 Å². The molecule has 0 unspecified atom stereocenters. The molecule has 28 heavy (non-hydrogen) atoms. The predicted molar refractivity (Wildman–Crippen MR) is 110 cm³/mol. The van der Waals surface area contributed by atoms with E-state index >= 15 is 0 Å². The average Bonchev–Trinajstić information content (AvgIpc) is 2.64. The van der Waals surface area contributed by atoms with E-state index in [1.54, 1.807) is 0 Å². The van der Waals surface area contributed by atoms with Gasteiger partial charge in [0.25, 0.3) is 0 Å². The number of rotatable bonds is 11. The highest BCUT2D eigenvalue weighted by atomic mass is 79.9. The largest absolute Gasteiger partial charge is 1.00 e. The van der Waals surface area contributed by atoms with Crippen molar-refractivity contribution in [1.82, 2.24) is 0 Å². The van der Waals surface area contributed by atoms with Crippen molar-refractivity contribution in [2.24, 2.45) is 0 Å². The van der Waals surface area contributed by atoms with Gasteiger partial charge in [-0.25, -0.2) is 9.13 Å². The molecule has 2 rings (SSSR count). The SMILES string of the molecule is CN(C)c1cc[n+](CCCCCCCC[n+]2ccc(N(C)C)cc2)cc1.[Br-].[Br-]. The van der Waals surface area contributed by atoms with Crippen molar-refractivity contribution in [2.75, 3.05) is 38.0 Å². The highest BCUT2D eigenvalue weighted by molar-refractivity contribution is 5.41. The topological polar surface area (TPSA) is 14.2 Å². The first-order valence-corrected chi connectivity index (χ1v) is 9.89. The highest BCUT2D eigenvalue weighted by Crippen LogP contribution is 2.09. The third-order valence-corrected chi connectivity index (χ3v) is 4.86. The Kier molecular flexibility index (Phi) is 14.2. The first kappa shape index (κ1) is 26.9. The molecule has 2 aromatic rings. The van der Waals surface area contributed by atoms with Crippen LogP contribution < -0.4 is 52.9 Å². The quantitative estimate of drug-likeness (QED) is 0.241. The van der Waals surface area contributed by atoms with E-state index in [-0.39, 0.29) is 34.0 Å². The Morgan fingerprint density at radius 3 is 1.11 bits per heavy atom. The number of anilines is 2. The second-order valence-electron chi connectivity index (χ2n) is 7.50. The van der Waals surface area contributed by atoms with Gasteiger partial charge in [0, 0.05) is 76.7 Å². The number of pyridine rings is 2. The van der Waals surface area contributed by atoms with E-state index in [4.69, 9.17) is 0 Å². The number of nitrogens with zero attached hydrogens (tertiary/aromatic N) is 4. The molecule has 0 fully saturated rings. The minimum absolute atomic E-state index is 0. The number of aromatic nitrogens is 2. The predicted octanol–water partition coefficient (Wildman–Crippen LogP) is -2.56. The van der Waals surface area contributed by atoms with Gasteiger partial charge in [-0.15, -0.1) is 0 Å². The summed E-state index contributed by atoms with van der Waals surface area (Å²) in [6.07, 6.45) is 16.6. The molecule has 0 aliphatic carbocycles. The van der Waals surface area contributed by atoms with Gasteiger partial charge in [0.05, 0.1) is 0 Å². The molecule has 0 radical (unpaired) electrons. The van der Waals surface area contributed by atoms with E-state index in [2.05, 4.69) is 96.2 Å². The van der Waals surface area contributed by atoms with Crippen molar-refractivity contribution in [2.45, 2.75) is 51.6 Å². The first-order valence-electron chi connectivity index (χ1n) is 9.89. The molecule has 0 spiro atoms. The fourth-order valence-corrected chi connectivity index (χ4v) is 3.09. The van der Waals surface area contributed by atoms with Crippen molar-refractivity contribution >= 4 is 11.4 Å². The van der Waals surface area contributed by atoms with Gasteiger partial charge < -0.3 is 43.8 Å². The van der Waals surface area contributed by atoms with Gasteiger partial charge in [0.2, 0.25) is 0 Å². The molecule has 0 atom stereocenters. The van der Waals surface area contributed by atoms with Crippen LogP contribution >= 0.6 is 0 Å². The van der Waals surface area contributed by atoms with Gasteiger partial charge in [-0.3, -0.25) is 0 Å². The first-order chi connectivity index (χ1) is 12.6. The summed E-state index contributed by atoms with van der Waals surface area (Å²) in [6.45, 7) is 2.25. The smallest absolute Gasteiger partial charge is 0.170 e. The van der Waals surface area contributed by atoms with Crippen molar-refractivity contribution in [3.63, 3.8) is 0 Å². The molecule has 0 aliphatic rings. The Labute approximate surface area is 192 Å². The molecule has 0 bridgehead atoms. The summed E-state index contributed by atoms with van der Waals surface area (Å²) in [5.41, 5.74) is 2.52. The third-order valence-electron chi connectivity index (χ3n) is 4.86. The molecular formula is C22H36Br2N4. The van der Waals surface area contributed by atoms with E-state index in [0.717, 1.165) is 13.1 Å². The molecule has 2 heterocycles. The Morgan fingerprint density at radius 1 is 0.536 bits per heavy atom. The van der Waals surface area contributed by atoms with E-state index in [0.29, 0.717) is 0 Å². The molecule has 6 heteroatoms. The number of halogens is 2. The molecule has 0 saturated heterocycles. The number of unbranched alkanes of at least 4 members (excludes halogenated alkanes) is 5. The minimum atomic E-state index is 0. The van der Waals surface area contributed by atoms with Crippen LogP contribution in [-0.2, 0) is 13.1 Å². The fourth-order valence-electron chi connectivity index (χ4n) is 3.09. The van der Waals surface area contributed by atoms with Crippen LogP contribution in [0.15, 0.2) is 49.1 Å². The molecule has 0 N–H and O–H groups in total. The lowest BCUT2D eigenvalue weighted by molar-refractivity contribution is -0.697. The Morgan fingerprint density at radius 2 is 0.821 bits per heavy atom. The van der Waals surface area contributed by atoms with Gasteiger partial charge in [0.1, 0.15) is 13.1 Å². The lowest BCUT2D eigenvalue weighted by Gasteiger charge is -2.10. The van der Waals surface area contributed by atoms with E-state index in [9.17, 15) is 0 Å². The maximum Gasteiger partial charge on any atom is 0.170 e. The summed E-state index contributed by atoms with van der Waals surface area (Å²) in [7, 11) is 8.32. The standard InChI is InChI=1S/C22H36N4.2BrH/c1-23(2)21-11-17-25(18-12-21)15-9-7-5-6-8-10-16-26-19-13-22(14-20-26)24(3)4;;/h11-14,17-20H,5-10,15-16H2,1-4H3;2*1H/q+2;;/p-2. The summed E-state index contributed by atoms with van der Waals surface area (Å²) in [4.78, 5) is 4.28. The minimum Gasteiger partial charge on any atom is -1.00 e. The average molecular weight is 516 g/mol. The molecule has 0 amide bonds. The molecule has 158 valence electrons. The molecular weight excluding hydrogens is 480 g/mol. The second kappa shape index (κ2) is 14.8. The zero-order valence-electron chi connectivity index (χ0n) is 17.8. The van der Waals surface area contributed by atoms with Crippen molar-refractivity contribution in [3.8, 4) is 0 Å². The van der Waals surface area contributed by atoms with E-state index in [1.807, 2.05) is 0 Å². The Hall–Kier alpha value is -1.14. The van der Waals surface area contributed by atoms with Crippen molar-refractivity contribution in [3.05, 3.63) is 49.1 Å². The third kappa shape index (κ3) is 9.87. The number of aryl methyl sites for hydroxylation is 2. The van der Waals surface area contributed by atoms with Crippen LogP contribution in [0.4, 0.5) is 11.4 Å². The van der Waals surface area contributed by atoms with Crippen molar-refractivity contribution < 1.29 is 43.1 Å². The monoisotopic (exact) mass is 514 g/mol. The van der Waals surface area contributed by atoms with Gasteiger partial charge in [-0.1, -0.05) is 12.8 Å². The van der Waals surface area contributed by atoms with Crippen LogP contribution in [0.5, 0.6) is 0 Å². The van der Waals surface area contributed by atoms with Gasteiger partial charge in [0.15, 0.2) is 24.8 Å². The summed E-state index contributed by atoms with van der Waals surface area (Å²) in [6, 6.07) is 8.73. The van der Waals surface area contributed by atoms with Crippen LogP contribution in [0.25, 0.3) is 0 Å². The summed E-state index contributed by atoms with van der Waals surface area (Å²) in [5, 5.41) is 0. The van der Waals surface area contributed by atoms with E-state index in [1.165, 1.54) is 49.9 Å². The van der Waals surface area contributed by atoms with E-state index < -0.39 is 0 Å². The number of hydrogen-bond donors (Lipinski definition) is 0. The Bertz CT molecular complexity index is 570.